The van der Waals surface area contributed by atoms with Gasteiger partial charge in [-0.25, -0.2) is 4.39 Å². The lowest BCUT2D eigenvalue weighted by atomic mass is 10.2. The predicted molar refractivity (Wildman–Crippen MR) is 74.8 cm³/mol. The van der Waals surface area contributed by atoms with Gasteiger partial charge < -0.3 is 20.9 Å². The fraction of sp³-hybridized carbons (Fsp3) is 0.462. The number of nitrogen functional groups attached to an aromatic ring is 1. The van der Waals surface area contributed by atoms with Gasteiger partial charge in [0.2, 0.25) is 5.91 Å². The summed E-state index contributed by atoms with van der Waals surface area (Å²) >= 11 is 0. The Hall–Kier alpha value is -1.70. The van der Waals surface area contributed by atoms with Crippen molar-refractivity contribution >= 4 is 17.3 Å². The standard InChI is InChI=1S/C13H20FN3O3/c1-17(6-10(18)8-20-2)7-13(19)16-9-3-4-11(14)12(15)5-9/h3-5,10,18H,6-8,15H2,1-2H3,(H,16,19). The maximum absolute atomic E-state index is 13.0. The van der Waals surface area contributed by atoms with Gasteiger partial charge >= 0.3 is 0 Å². The molecule has 1 aromatic rings. The Morgan fingerprint density at radius 2 is 2.30 bits per heavy atom. The van der Waals surface area contributed by atoms with E-state index in [1.165, 1.54) is 25.3 Å². The number of nitrogens with zero attached hydrogens (tertiary/aromatic N) is 1. The minimum absolute atomic E-state index is 0.0216. The summed E-state index contributed by atoms with van der Waals surface area (Å²) in [7, 11) is 3.20. The second-order valence-electron chi connectivity index (χ2n) is 4.59. The van der Waals surface area contributed by atoms with Crippen LogP contribution in [-0.2, 0) is 9.53 Å². The van der Waals surface area contributed by atoms with Gasteiger partial charge in [0.25, 0.3) is 0 Å². The normalized spacial score (nSPS) is 12.4. The molecule has 1 amide bonds. The lowest BCUT2D eigenvalue weighted by Crippen LogP contribution is -2.37. The number of nitrogens with two attached hydrogens (primary N) is 1. The van der Waals surface area contributed by atoms with Crippen molar-refractivity contribution in [2.24, 2.45) is 0 Å². The summed E-state index contributed by atoms with van der Waals surface area (Å²) in [5.41, 5.74) is 5.82. The van der Waals surface area contributed by atoms with Crippen LogP contribution in [0.25, 0.3) is 0 Å². The van der Waals surface area contributed by atoms with Crippen molar-refractivity contribution in [3.63, 3.8) is 0 Å². The number of nitrogens with one attached hydrogen (secondary N) is 1. The molecule has 0 spiro atoms. The minimum Gasteiger partial charge on any atom is -0.396 e. The van der Waals surface area contributed by atoms with Crippen molar-refractivity contribution in [2.45, 2.75) is 6.10 Å². The first-order valence-corrected chi connectivity index (χ1v) is 6.12. The molecule has 6 nitrogen and oxygen atoms in total. The Morgan fingerprint density at radius 1 is 1.60 bits per heavy atom. The van der Waals surface area contributed by atoms with Gasteiger partial charge in [-0.3, -0.25) is 9.69 Å². The highest BCUT2D eigenvalue weighted by molar-refractivity contribution is 5.92. The third-order valence-electron chi connectivity index (χ3n) is 2.57. The lowest BCUT2D eigenvalue weighted by Gasteiger charge is -2.19. The molecule has 0 aliphatic heterocycles. The van der Waals surface area contributed by atoms with Gasteiger partial charge in [-0.1, -0.05) is 0 Å². The van der Waals surface area contributed by atoms with Crippen LogP contribution in [0.4, 0.5) is 15.8 Å². The number of anilines is 2. The molecule has 0 saturated heterocycles. The number of amides is 1. The number of methoxy groups -OCH3 is 1. The van der Waals surface area contributed by atoms with E-state index in [2.05, 4.69) is 5.32 Å². The van der Waals surface area contributed by atoms with Crippen LogP contribution in [-0.4, -0.2) is 55.9 Å². The van der Waals surface area contributed by atoms with E-state index >= 15 is 0 Å². The first-order chi connectivity index (χ1) is 9.42. The lowest BCUT2D eigenvalue weighted by molar-refractivity contribution is -0.117. The molecule has 0 aromatic heterocycles. The van der Waals surface area contributed by atoms with Crippen LogP contribution in [0, 0.1) is 5.82 Å². The number of hydrogen-bond donors (Lipinski definition) is 3. The monoisotopic (exact) mass is 285 g/mol. The van der Waals surface area contributed by atoms with Gasteiger partial charge in [-0.05, 0) is 25.2 Å². The highest BCUT2D eigenvalue weighted by atomic mass is 19.1. The topological polar surface area (TPSA) is 87.8 Å². The second kappa shape index (κ2) is 7.78. The molecule has 7 heteroatoms. The smallest absolute Gasteiger partial charge is 0.238 e. The number of carbonyl (C=O) groups excluding carboxylic acids is 1. The molecule has 112 valence electrons. The summed E-state index contributed by atoms with van der Waals surface area (Å²) < 4.78 is 17.8. The number of likely N-dealkylation sites (N-methyl/N-ethyl adjacent to an activating group) is 1. The molecular weight excluding hydrogens is 265 g/mol. The highest BCUT2D eigenvalue weighted by Crippen LogP contribution is 2.16. The Morgan fingerprint density at radius 3 is 2.90 bits per heavy atom. The molecule has 1 rings (SSSR count). The number of aliphatic hydroxyl groups excluding tert-OH is 1. The first kappa shape index (κ1) is 16.4. The Kier molecular flexibility index (Phi) is 6.37. The maximum atomic E-state index is 13.0. The molecule has 0 fully saturated rings. The Bertz CT molecular complexity index is 456. The number of rotatable bonds is 7. The van der Waals surface area contributed by atoms with Crippen LogP contribution in [0.15, 0.2) is 18.2 Å². The van der Waals surface area contributed by atoms with Gasteiger partial charge in [0.05, 0.1) is 24.9 Å². The summed E-state index contributed by atoms with van der Waals surface area (Å²) in [6.07, 6.45) is -0.653. The van der Waals surface area contributed by atoms with E-state index in [9.17, 15) is 14.3 Å². The first-order valence-electron chi connectivity index (χ1n) is 6.12. The van der Waals surface area contributed by atoms with Crippen molar-refractivity contribution in [3.05, 3.63) is 24.0 Å². The predicted octanol–water partition coefficient (Wildman–Crippen LogP) is 0.286. The number of benzene rings is 1. The van der Waals surface area contributed by atoms with Crippen molar-refractivity contribution in [2.75, 3.05) is 44.9 Å². The van der Waals surface area contributed by atoms with Crippen LogP contribution < -0.4 is 11.1 Å². The number of aliphatic hydroxyl groups is 1. The largest absolute Gasteiger partial charge is 0.396 e. The molecule has 0 heterocycles. The van der Waals surface area contributed by atoms with Gasteiger partial charge in [-0.2, -0.15) is 0 Å². The zero-order chi connectivity index (χ0) is 15.1. The van der Waals surface area contributed by atoms with Crippen molar-refractivity contribution in [3.8, 4) is 0 Å². The molecule has 0 aliphatic rings. The summed E-state index contributed by atoms with van der Waals surface area (Å²) in [5, 5.41) is 12.1. The summed E-state index contributed by atoms with van der Waals surface area (Å²) in [6.45, 7) is 0.616. The average molecular weight is 285 g/mol. The SMILES string of the molecule is COCC(O)CN(C)CC(=O)Nc1ccc(F)c(N)c1. The molecule has 1 unspecified atom stereocenters. The van der Waals surface area contributed by atoms with Crippen LogP contribution in [0.3, 0.4) is 0 Å². The quantitative estimate of drug-likeness (QED) is 0.627. The molecule has 0 aliphatic carbocycles. The molecule has 20 heavy (non-hydrogen) atoms. The van der Waals surface area contributed by atoms with Gasteiger partial charge in [-0.15, -0.1) is 0 Å². The molecule has 0 saturated carbocycles. The van der Waals surface area contributed by atoms with Gasteiger partial charge in [0.1, 0.15) is 5.82 Å². The summed E-state index contributed by atoms with van der Waals surface area (Å²) in [4.78, 5) is 13.4. The average Bonchev–Trinajstić information content (AvgIpc) is 2.33. The van der Waals surface area contributed by atoms with Crippen LogP contribution in [0.1, 0.15) is 0 Å². The molecule has 1 atom stereocenters. The second-order valence-corrected chi connectivity index (χ2v) is 4.59. The summed E-state index contributed by atoms with van der Waals surface area (Å²) in [6, 6.07) is 3.98. The Balaban J connectivity index is 2.44. The molecule has 0 radical (unpaired) electrons. The summed E-state index contributed by atoms with van der Waals surface area (Å²) in [5.74, 6) is -0.800. The van der Waals surface area contributed by atoms with E-state index < -0.39 is 11.9 Å². The van der Waals surface area contributed by atoms with Crippen molar-refractivity contribution in [1.29, 1.82) is 0 Å². The van der Waals surface area contributed by atoms with E-state index in [1.807, 2.05) is 0 Å². The number of hydrogen-bond acceptors (Lipinski definition) is 5. The van der Waals surface area contributed by atoms with E-state index in [0.717, 1.165) is 0 Å². The highest BCUT2D eigenvalue weighted by Gasteiger charge is 2.12. The molecule has 4 N–H and O–H groups in total. The third kappa shape index (κ3) is 5.52. The van der Waals surface area contributed by atoms with Crippen molar-refractivity contribution < 1.29 is 19.0 Å². The van der Waals surface area contributed by atoms with Crippen molar-refractivity contribution in [1.82, 2.24) is 4.90 Å². The van der Waals surface area contributed by atoms with Gasteiger partial charge in [0, 0.05) is 19.3 Å². The maximum Gasteiger partial charge on any atom is 0.238 e. The minimum atomic E-state index is -0.653. The number of ether oxygens (including phenoxy) is 1. The molecule has 1 aromatic carbocycles. The van der Waals surface area contributed by atoms with E-state index in [-0.39, 0.29) is 24.7 Å². The number of halogens is 1. The van der Waals surface area contributed by atoms with Gasteiger partial charge in [0.15, 0.2) is 0 Å². The zero-order valence-electron chi connectivity index (χ0n) is 11.6. The van der Waals surface area contributed by atoms with Crippen LogP contribution >= 0.6 is 0 Å². The number of carbonyl (C=O) groups is 1. The molecule has 0 bridgehead atoms. The van der Waals surface area contributed by atoms with E-state index in [4.69, 9.17) is 10.5 Å². The zero-order valence-corrected chi connectivity index (χ0v) is 11.6. The molecular formula is C13H20FN3O3. The van der Waals surface area contributed by atoms with Crippen LogP contribution in [0.2, 0.25) is 0 Å². The fourth-order valence-electron chi connectivity index (χ4n) is 1.74. The van der Waals surface area contributed by atoms with E-state index in [0.29, 0.717) is 12.2 Å². The fourth-order valence-corrected chi connectivity index (χ4v) is 1.74. The Labute approximate surface area is 117 Å². The third-order valence-corrected chi connectivity index (χ3v) is 2.57. The van der Waals surface area contributed by atoms with Crippen LogP contribution in [0.5, 0.6) is 0 Å². The van der Waals surface area contributed by atoms with E-state index in [1.54, 1.807) is 11.9 Å².